The number of primary amides is 1. The molecular formula is C14H9Cl2N5OS. The van der Waals surface area contributed by atoms with Crippen LogP contribution in [-0.4, -0.2) is 20.9 Å². The summed E-state index contributed by atoms with van der Waals surface area (Å²) >= 11 is 13.1. The van der Waals surface area contributed by atoms with Crippen molar-refractivity contribution in [2.45, 2.75) is 0 Å². The summed E-state index contributed by atoms with van der Waals surface area (Å²) in [5.41, 5.74) is 12.5. The van der Waals surface area contributed by atoms with Gasteiger partial charge in [-0.1, -0.05) is 23.2 Å². The molecule has 0 aliphatic heterocycles. The largest absolute Gasteiger partial charge is 0.368 e. The zero-order valence-electron chi connectivity index (χ0n) is 11.5. The summed E-state index contributed by atoms with van der Waals surface area (Å²) < 4.78 is 0. The number of nitrogen functional groups attached to an aromatic ring is 1. The van der Waals surface area contributed by atoms with E-state index in [0.29, 0.717) is 32.0 Å². The fraction of sp³-hybridized carbons (Fsp3) is 0. The van der Waals surface area contributed by atoms with Gasteiger partial charge in [0.15, 0.2) is 0 Å². The Hall–Kier alpha value is -2.22. The first kappa shape index (κ1) is 15.7. The van der Waals surface area contributed by atoms with Crippen LogP contribution in [-0.2, 0) is 0 Å². The summed E-state index contributed by atoms with van der Waals surface area (Å²) in [6, 6.07) is 6.56. The van der Waals surface area contributed by atoms with Crippen molar-refractivity contribution in [2.75, 3.05) is 5.73 Å². The molecule has 0 fully saturated rings. The number of halogens is 2. The Morgan fingerprint density at radius 3 is 2.43 bits per heavy atom. The SMILES string of the molecule is NC(=O)c1sc(-c2ccnc(N)n2)nc1-c1cc(Cl)cc(Cl)c1. The molecule has 2 heterocycles. The van der Waals surface area contributed by atoms with Crippen molar-refractivity contribution in [1.82, 2.24) is 15.0 Å². The second-order valence-corrected chi connectivity index (χ2v) is 6.39. The molecule has 3 rings (SSSR count). The predicted octanol–water partition coefficient (Wildman–Crippen LogP) is 3.26. The first-order valence-corrected chi connectivity index (χ1v) is 7.87. The van der Waals surface area contributed by atoms with Crippen LogP contribution in [0.2, 0.25) is 10.0 Å². The van der Waals surface area contributed by atoms with Crippen LogP contribution in [0.5, 0.6) is 0 Å². The van der Waals surface area contributed by atoms with E-state index in [4.69, 9.17) is 34.7 Å². The van der Waals surface area contributed by atoms with Gasteiger partial charge in [0.05, 0.1) is 5.69 Å². The summed E-state index contributed by atoms with van der Waals surface area (Å²) in [6.07, 6.45) is 1.51. The molecule has 116 valence electrons. The fourth-order valence-electron chi connectivity index (χ4n) is 1.98. The van der Waals surface area contributed by atoms with E-state index in [1.807, 2.05) is 0 Å². The number of nitrogens with two attached hydrogens (primary N) is 2. The van der Waals surface area contributed by atoms with Gasteiger partial charge in [0.25, 0.3) is 5.91 Å². The van der Waals surface area contributed by atoms with Gasteiger partial charge in [0.1, 0.15) is 15.6 Å². The Kier molecular flexibility index (Phi) is 4.16. The molecule has 1 aromatic carbocycles. The normalized spacial score (nSPS) is 10.7. The minimum Gasteiger partial charge on any atom is -0.368 e. The highest BCUT2D eigenvalue weighted by Gasteiger charge is 2.19. The minimum absolute atomic E-state index is 0.116. The molecule has 3 aromatic rings. The van der Waals surface area contributed by atoms with Gasteiger partial charge in [-0.2, -0.15) is 0 Å². The van der Waals surface area contributed by atoms with Gasteiger partial charge in [-0.15, -0.1) is 11.3 Å². The third-order valence-electron chi connectivity index (χ3n) is 2.88. The van der Waals surface area contributed by atoms with Crippen molar-refractivity contribution in [3.05, 3.63) is 45.4 Å². The van der Waals surface area contributed by atoms with Crippen LogP contribution in [0.1, 0.15) is 9.67 Å². The van der Waals surface area contributed by atoms with Gasteiger partial charge < -0.3 is 11.5 Å². The number of carbonyl (C=O) groups is 1. The van der Waals surface area contributed by atoms with Crippen molar-refractivity contribution in [1.29, 1.82) is 0 Å². The van der Waals surface area contributed by atoms with E-state index in [1.54, 1.807) is 24.3 Å². The number of carbonyl (C=O) groups excluding carboxylic acids is 1. The fourth-order valence-corrected chi connectivity index (χ4v) is 3.41. The number of nitrogens with zero attached hydrogens (tertiary/aromatic N) is 3. The lowest BCUT2D eigenvalue weighted by Gasteiger charge is -2.01. The third kappa shape index (κ3) is 3.26. The summed E-state index contributed by atoms with van der Waals surface area (Å²) in [4.78, 5) is 24.4. The molecule has 2 aromatic heterocycles. The Morgan fingerprint density at radius 2 is 1.83 bits per heavy atom. The van der Waals surface area contributed by atoms with Crippen LogP contribution in [0.4, 0.5) is 5.95 Å². The smallest absolute Gasteiger partial charge is 0.261 e. The van der Waals surface area contributed by atoms with E-state index in [-0.39, 0.29) is 10.8 Å². The monoisotopic (exact) mass is 365 g/mol. The number of hydrogen-bond acceptors (Lipinski definition) is 6. The van der Waals surface area contributed by atoms with E-state index < -0.39 is 5.91 Å². The molecule has 4 N–H and O–H groups in total. The first-order valence-electron chi connectivity index (χ1n) is 6.30. The Labute approximate surface area is 145 Å². The maximum Gasteiger partial charge on any atom is 0.261 e. The average Bonchev–Trinajstić information content (AvgIpc) is 2.91. The summed E-state index contributed by atoms with van der Waals surface area (Å²) in [6.45, 7) is 0. The molecule has 0 unspecified atom stereocenters. The predicted molar refractivity (Wildman–Crippen MR) is 91.5 cm³/mol. The average molecular weight is 366 g/mol. The second kappa shape index (κ2) is 6.11. The molecule has 0 atom stereocenters. The molecule has 0 bridgehead atoms. The molecule has 0 radical (unpaired) electrons. The lowest BCUT2D eigenvalue weighted by atomic mass is 10.1. The lowest BCUT2D eigenvalue weighted by molar-refractivity contribution is 0.100. The van der Waals surface area contributed by atoms with E-state index in [1.165, 1.54) is 6.20 Å². The van der Waals surface area contributed by atoms with Crippen LogP contribution in [0, 0.1) is 0 Å². The maximum atomic E-state index is 11.7. The van der Waals surface area contributed by atoms with Crippen molar-refractivity contribution in [3.63, 3.8) is 0 Å². The number of anilines is 1. The molecule has 0 aliphatic carbocycles. The van der Waals surface area contributed by atoms with Gasteiger partial charge in [-0.25, -0.2) is 15.0 Å². The number of thiazole rings is 1. The van der Waals surface area contributed by atoms with Crippen molar-refractivity contribution in [2.24, 2.45) is 5.73 Å². The molecule has 0 saturated heterocycles. The van der Waals surface area contributed by atoms with Gasteiger partial charge in [-0.3, -0.25) is 4.79 Å². The summed E-state index contributed by atoms with van der Waals surface area (Å²) in [5.74, 6) is -0.479. The molecule has 6 nitrogen and oxygen atoms in total. The van der Waals surface area contributed by atoms with Crippen LogP contribution >= 0.6 is 34.5 Å². The quantitative estimate of drug-likeness (QED) is 0.740. The topological polar surface area (TPSA) is 108 Å². The van der Waals surface area contributed by atoms with Gasteiger partial charge in [-0.05, 0) is 24.3 Å². The summed E-state index contributed by atoms with van der Waals surface area (Å²) in [5, 5.41) is 1.37. The first-order chi connectivity index (χ1) is 10.9. The highest BCUT2D eigenvalue weighted by atomic mass is 35.5. The summed E-state index contributed by atoms with van der Waals surface area (Å²) in [7, 11) is 0. The van der Waals surface area contributed by atoms with Gasteiger partial charge in [0.2, 0.25) is 5.95 Å². The molecule has 9 heteroatoms. The van der Waals surface area contributed by atoms with E-state index in [0.717, 1.165) is 11.3 Å². The number of benzene rings is 1. The molecule has 23 heavy (non-hydrogen) atoms. The van der Waals surface area contributed by atoms with Crippen molar-refractivity contribution >= 4 is 46.4 Å². The van der Waals surface area contributed by atoms with Crippen LogP contribution < -0.4 is 11.5 Å². The van der Waals surface area contributed by atoms with Crippen molar-refractivity contribution in [3.8, 4) is 22.0 Å². The Morgan fingerprint density at radius 1 is 1.13 bits per heavy atom. The zero-order chi connectivity index (χ0) is 16.6. The maximum absolute atomic E-state index is 11.7. The second-order valence-electron chi connectivity index (χ2n) is 4.52. The Balaban J connectivity index is 2.18. The van der Waals surface area contributed by atoms with Gasteiger partial charge >= 0.3 is 0 Å². The highest BCUT2D eigenvalue weighted by molar-refractivity contribution is 7.17. The minimum atomic E-state index is -0.595. The number of amides is 1. The Bertz CT molecular complexity index is 892. The standard InChI is InChI=1S/C14H9Cl2N5OS/c15-7-3-6(4-8(16)5-7)10-11(12(17)22)23-13(21-10)9-1-2-19-14(18)20-9/h1-5H,(H2,17,22)(H2,18,19,20). The van der Waals surface area contributed by atoms with Crippen LogP contribution in [0.3, 0.4) is 0 Å². The van der Waals surface area contributed by atoms with E-state index in [2.05, 4.69) is 15.0 Å². The number of aromatic nitrogens is 3. The van der Waals surface area contributed by atoms with Crippen LogP contribution in [0.15, 0.2) is 30.5 Å². The third-order valence-corrected chi connectivity index (χ3v) is 4.41. The molecular weight excluding hydrogens is 357 g/mol. The molecule has 1 amide bonds. The van der Waals surface area contributed by atoms with E-state index >= 15 is 0 Å². The number of rotatable bonds is 3. The lowest BCUT2D eigenvalue weighted by Crippen LogP contribution is -2.10. The van der Waals surface area contributed by atoms with Crippen molar-refractivity contribution < 1.29 is 4.79 Å². The molecule has 0 spiro atoms. The highest BCUT2D eigenvalue weighted by Crippen LogP contribution is 2.35. The van der Waals surface area contributed by atoms with Gasteiger partial charge in [0, 0.05) is 21.8 Å². The van der Waals surface area contributed by atoms with Crippen LogP contribution in [0.25, 0.3) is 22.0 Å². The van der Waals surface area contributed by atoms with E-state index in [9.17, 15) is 4.79 Å². The zero-order valence-corrected chi connectivity index (χ0v) is 13.8. The molecule has 0 saturated carbocycles. The molecule has 0 aliphatic rings. The number of hydrogen-bond donors (Lipinski definition) is 2.